The van der Waals surface area contributed by atoms with Crippen LogP contribution >= 0.6 is 27.7 Å². The fourth-order valence-corrected chi connectivity index (χ4v) is 5.33. The summed E-state index contributed by atoms with van der Waals surface area (Å²) in [5, 5.41) is 7.34. The largest absolute Gasteiger partial charge is 0.341 e. The fraction of sp³-hybridized carbons (Fsp3) is 0.450. The summed E-state index contributed by atoms with van der Waals surface area (Å²) in [6.07, 6.45) is 6.34. The van der Waals surface area contributed by atoms with Gasteiger partial charge in [0.1, 0.15) is 0 Å². The number of aryl methyl sites for hydroxylation is 1. The number of fused-ring (bicyclic) bond motifs is 1. The predicted octanol–water partition coefficient (Wildman–Crippen LogP) is 3.47. The van der Waals surface area contributed by atoms with Crippen LogP contribution in [0.2, 0.25) is 0 Å². The number of likely N-dealkylation sites (tertiary alicyclic amines) is 1. The number of nitrogens with zero attached hydrogens (tertiary/aromatic N) is 3. The fourth-order valence-electron chi connectivity index (χ4n) is 3.85. The first-order valence-corrected chi connectivity index (χ1v) is 11.3. The first kappa shape index (κ1) is 19.5. The van der Waals surface area contributed by atoms with E-state index in [0.717, 1.165) is 40.6 Å². The zero-order valence-electron chi connectivity index (χ0n) is 15.7. The highest BCUT2D eigenvalue weighted by molar-refractivity contribution is 9.10. The molecule has 1 aromatic heterocycles. The van der Waals surface area contributed by atoms with Gasteiger partial charge in [0.05, 0.1) is 18.3 Å². The molecule has 2 aromatic rings. The van der Waals surface area contributed by atoms with Crippen molar-refractivity contribution < 1.29 is 9.59 Å². The molecule has 1 unspecified atom stereocenters. The Morgan fingerprint density at radius 3 is 2.75 bits per heavy atom. The molecule has 1 saturated heterocycles. The van der Waals surface area contributed by atoms with Crippen LogP contribution in [0.15, 0.2) is 40.0 Å². The van der Waals surface area contributed by atoms with Gasteiger partial charge in [0, 0.05) is 34.4 Å². The Hall–Kier alpha value is -1.80. The minimum absolute atomic E-state index is 0.116. The highest BCUT2D eigenvalue weighted by Gasteiger charge is 2.30. The Labute approximate surface area is 177 Å². The van der Waals surface area contributed by atoms with E-state index in [2.05, 4.69) is 32.4 Å². The van der Waals surface area contributed by atoms with Crippen LogP contribution in [0.5, 0.6) is 0 Å². The number of hydrogen-bond donors (Lipinski definition) is 1. The molecule has 4 rings (SSSR count). The quantitative estimate of drug-likeness (QED) is 0.693. The molecular formula is C20H23BrN4O2S. The van der Waals surface area contributed by atoms with Crippen LogP contribution < -0.4 is 5.32 Å². The van der Waals surface area contributed by atoms with Gasteiger partial charge in [-0.2, -0.15) is 5.10 Å². The summed E-state index contributed by atoms with van der Waals surface area (Å²) in [5.74, 6) is 0.00343. The average molecular weight is 463 g/mol. The number of amides is 2. The van der Waals surface area contributed by atoms with Crippen LogP contribution in [0, 0.1) is 6.92 Å². The maximum absolute atomic E-state index is 12.7. The van der Waals surface area contributed by atoms with Gasteiger partial charge in [-0.15, -0.1) is 11.8 Å². The first-order valence-electron chi connectivity index (χ1n) is 9.54. The van der Waals surface area contributed by atoms with E-state index < -0.39 is 11.8 Å². The summed E-state index contributed by atoms with van der Waals surface area (Å²) >= 11 is 5.29. The van der Waals surface area contributed by atoms with Crippen molar-refractivity contribution in [1.29, 1.82) is 0 Å². The van der Waals surface area contributed by atoms with Crippen LogP contribution in [0.3, 0.4) is 0 Å². The molecule has 2 aliphatic heterocycles. The molecule has 3 heterocycles. The van der Waals surface area contributed by atoms with E-state index in [1.165, 1.54) is 4.90 Å². The number of aromatic nitrogens is 2. The van der Waals surface area contributed by atoms with Crippen LogP contribution in [-0.4, -0.2) is 45.3 Å². The number of nitrogens with one attached hydrogen (secondary N) is 1. The summed E-state index contributed by atoms with van der Waals surface area (Å²) in [4.78, 5) is 28.1. The summed E-state index contributed by atoms with van der Waals surface area (Å²) in [6.45, 7) is 3.18. The highest BCUT2D eigenvalue weighted by atomic mass is 79.9. The molecule has 0 spiro atoms. The lowest BCUT2D eigenvalue weighted by Gasteiger charge is -2.32. The lowest BCUT2D eigenvalue weighted by molar-refractivity contribution is -0.147. The van der Waals surface area contributed by atoms with Crippen molar-refractivity contribution in [2.75, 3.05) is 18.8 Å². The van der Waals surface area contributed by atoms with Gasteiger partial charge >= 0.3 is 11.8 Å². The molecule has 2 aliphatic rings. The van der Waals surface area contributed by atoms with Gasteiger partial charge in [-0.1, -0.05) is 15.9 Å². The molecule has 0 radical (unpaired) electrons. The van der Waals surface area contributed by atoms with Crippen molar-refractivity contribution in [3.8, 4) is 0 Å². The second-order valence-corrected chi connectivity index (χ2v) is 9.42. The predicted molar refractivity (Wildman–Crippen MR) is 112 cm³/mol. The van der Waals surface area contributed by atoms with Gasteiger partial charge in [-0.3, -0.25) is 14.3 Å². The van der Waals surface area contributed by atoms with E-state index in [1.807, 2.05) is 36.1 Å². The summed E-state index contributed by atoms with van der Waals surface area (Å²) < 4.78 is 2.96. The smallest absolute Gasteiger partial charge is 0.311 e. The average Bonchev–Trinajstić information content (AvgIpc) is 3.14. The monoisotopic (exact) mass is 462 g/mol. The van der Waals surface area contributed by atoms with Crippen LogP contribution in [0.25, 0.3) is 0 Å². The zero-order valence-corrected chi connectivity index (χ0v) is 18.1. The topological polar surface area (TPSA) is 67.2 Å². The molecule has 148 valence electrons. The van der Waals surface area contributed by atoms with Gasteiger partial charge in [0.25, 0.3) is 0 Å². The van der Waals surface area contributed by atoms with Crippen molar-refractivity contribution in [3.63, 3.8) is 0 Å². The SMILES string of the molecule is Cc1cnn(C2CCN(C(=O)C(=O)NC3CCSc4ccc(Br)cc43)CC2)c1. The molecule has 0 saturated carbocycles. The Kier molecular flexibility index (Phi) is 5.78. The van der Waals surface area contributed by atoms with Crippen molar-refractivity contribution in [1.82, 2.24) is 20.0 Å². The molecule has 28 heavy (non-hydrogen) atoms. The van der Waals surface area contributed by atoms with E-state index >= 15 is 0 Å². The van der Waals surface area contributed by atoms with Crippen molar-refractivity contribution in [3.05, 3.63) is 46.2 Å². The number of carbonyl (C=O) groups excluding carboxylic acids is 2. The molecule has 1 N–H and O–H groups in total. The second-order valence-electron chi connectivity index (χ2n) is 7.37. The van der Waals surface area contributed by atoms with Crippen LogP contribution in [0.1, 0.15) is 42.5 Å². The Bertz CT molecular complexity index is 892. The number of rotatable bonds is 2. The maximum atomic E-state index is 12.7. The lowest BCUT2D eigenvalue weighted by atomic mass is 10.0. The molecular weight excluding hydrogens is 440 g/mol. The Balaban J connectivity index is 1.36. The van der Waals surface area contributed by atoms with Crippen LogP contribution in [0.4, 0.5) is 0 Å². The number of thioether (sulfide) groups is 1. The molecule has 6 nitrogen and oxygen atoms in total. The number of benzene rings is 1. The first-order chi connectivity index (χ1) is 13.5. The van der Waals surface area contributed by atoms with E-state index in [1.54, 1.807) is 16.7 Å². The second kappa shape index (κ2) is 8.29. The third-order valence-corrected chi connectivity index (χ3v) is 6.98. The Morgan fingerprint density at radius 1 is 1.25 bits per heavy atom. The molecule has 8 heteroatoms. The molecule has 1 atom stereocenters. The van der Waals surface area contributed by atoms with Crippen molar-refractivity contribution in [2.24, 2.45) is 0 Å². The van der Waals surface area contributed by atoms with Crippen LogP contribution in [-0.2, 0) is 9.59 Å². The molecule has 1 aromatic carbocycles. The molecule has 1 fully saturated rings. The van der Waals surface area contributed by atoms with E-state index in [0.29, 0.717) is 19.1 Å². The Morgan fingerprint density at radius 2 is 2.04 bits per heavy atom. The molecule has 0 bridgehead atoms. The maximum Gasteiger partial charge on any atom is 0.311 e. The third-order valence-electron chi connectivity index (χ3n) is 5.37. The summed E-state index contributed by atoms with van der Waals surface area (Å²) in [6, 6.07) is 6.28. The number of carbonyl (C=O) groups is 2. The minimum atomic E-state index is -0.504. The lowest BCUT2D eigenvalue weighted by Crippen LogP contribution is -2.47. The van der Waals surface area contributed by atoms with Gasteiger partial charge < -0.3 is 10.2 Å². The van der Waals surface area contributed by atoms with Gasteiger partial charge in [0.15, 0.2) is 0 Å². The summed E-state index contributed by atoms with van der Waals surface area (Å²) in [5.41, 5.74) is 2.22. The standard InChI is InChI=1S/C20H23BrN4O2S/c1-13-11-22-25(12-13)15-4-7-24(8-5-15)20(27)19(26)23-17-6-9-28-18-3-2-14(21)10-16(17)18/h2-3,10-12,15,17H,4-9H2,1H3,(H,23,26). The van der Waals surface area contributed by atoms with E-state index in [4.69, 9.17) is 0 Å². The normalized spacial score (nSPS) is 19.9. The number of hydrogen-bond acceptors (Lipinski definition) is 4. The van der Waals surface area contributed by atoms with Gasteiger partial charge in [-0.05, 0) is 55.5 Å². The molecule has 0 aliphatic carbocycles. The highest BCUT2D eigenvalue weighted by Crippen LogP contribution is 2.37. The van der Waals surface area contributed by atoms with E-state index in [-0.39, 0.29) is 6.04 Å². The third kappa shape index (κ3) is 4.12. The van der Waals surface area contributed by atoms with Crippen molar-refractivity contribution >= 4 is 39.5 Å². The zero-order chi connectivity index (χ0) is 19.7. The van der Waals surface area contributed by atoms with Crippen molar-refractivity contribution in [2.45, 2.75) is 43.2 Å². The van der Waals surface area contributed by atoms with Gasteiger partial charge in [-0.25, -0.2) is 0 Å². The van der Waals surface area contributed by atoms with E-state index in [9.17, 15) is 9.59 Å². The summed E-state index contributed by atoms with van der Waals surface area (Å²) in [7, 11) is 0. The minimum Gasteiger partial charge on any atom is -0.341 e. The molecule has 2 amide bonds. The number of piperidine rings is 1. The van der Waals surface area contributed by atoms with Gasteiger partial charge in [0.2, 0.25) is 0 Å². The number of halogens is 1.